The van der Waals surface area contributed by atoms with Crippen molar-refractivity contribution in [3.8, 4) is 11.5 Å². The second kappa shape index (κ2) is 6.78. The van der Waals surface area contributed by atoms with E-state index < -0.39 is 12.1 Å². The molecule has 1 unspecified atom stereocenters. The molecule has 0 spiro atoms. The molecule has 0 radical (unpaired) electrons. The van der Waals surface area contributed by atoms with E-state index in [0.29, 0.717) is 23.7 Å². The number of esters is 1. The first-order valence-corrected chi connectivity index (χ1v) is 6.01. The fourth-order valence-electron chi connectivity index (χ4n) is 1.38. The highest BCUT2D eigenvalue weighted by atomic mass is 16.5. The molecule has 0 saturated carbocycles. The van der Waals surface area contributed by atoms with Crippen molar-refractivity contribution in [1.82, 2.24) is 0 Å². The lowest BCUT2D eigenvalue weighted by Gasteiger charge is -2.15. The first-order valence-electron chi connectivity index (χ1n) is 6.01. The van der Waals surface area contributed by atoms with Crippen LogP contribution in [0.25, 0.3) is 0 Å². The summed E-state index contributed by atoms with van der Waals surface area (Å²) in [5, 5.41) is 0. The fraction of sp³-hybridized carbons (Fsp3) is 0.429. The maximum absolute atomic E-state index is 11.6. The summed E-state index contributed by atoms with van der Waals surface area (Å²) < 4.78 is 15.5. The van der Waals surface area contributed by atoms with Gasteiger partial charge in [-0.3, -0.25) is 4.79 Å². The van der Waals surface area contributed by atoms with Crippen molar-refractivity contribution in [1.29, 1.82) is 0 Å². The number of rotatable bonds is 6. The van der Waals surface area contributed by atoms with Gasteiger partial charge in [-0.1, -0.05) is 0 Å². The van der Waals surface area contributed by atoms with E-state index in [1.165, 1.54) is 20.1 Å². The van der Waals surface area contributed by atoms with Gasteiger partial charge in [0.05, 0.1) is 19.3 Å². The predicted molar refractivity (Wildman–Crippen MR) is 69.7 cm³/mol. The monoisotopic (exact) mass is 266 g/mol. The molecule has 0 aliphatic carbocycles. The van der Waals surface area contributed by atoms with Crippen LogP contribution in [-0.2, 0) is 9.53 Å². The molecule has 1 atom stereocenters. The number of carbonyl (C=O) groups excluding carboxylic acids is 2. The topological polar surface area (TPSA) is 61.8 Å². The molecule has 5 heteroatoms. The molecule has 0 aliphatic rings. The van der Waals surface area contributed by atoms with Crippen molar-refractivity contribution < 1.29 is 23.8 Å². The first-order chi connectivity index (χ1) is 8.99. The summed E-state index contributed by atoms with van der Waals surface area (Å²) in [6.45, 7) is 5.15. The fourth-order valence-corrected chi connectivity index (χ4v) is 1.38. The van der Waals surface area contributed by atoms with Gasteiger partial charge >= 0.3 is 5.97 Å². The Balaban J connectivity index is 2.96. The largest absolute Gasteiger partial charge is 0.493 e. The van der Waals surface area contributed by atoms with Crippen LogP contribution < -0.4 is 9.47 Å². The number of benzene rings is 1. The molecule has 0 N–H and O–H groups in total. The maximum atomic E-state index is 11.6. The Labute approximate surface area is 112 Å². The van der Waals surface area contributed by atoms with Crippen LogP contribution in [0.2, 0.25) is 0 Å². The number of carbonyl (C=O) groups is 2. The Bertz CT molecular complexity index is 467. The zero-order chi connectivity index (χ0) is 14.4. The lowest BCUT2D eigenvalue weighted by Crippen LogP contribution is -2.21. The smallest absolute Gasteiger partial charge is 0.338 e. The Hall–Kier alpha value is -2.04. The normalized spacial score (nSPS) is 11.6. The Morgan fingerprint density at radius 1 is 1.26 bits per heavy atom. The molecule has 1 aromatic carbocycles. The molecule has 0 aromatic heterocycles. The third kappa shape index (κ3) is 3.98. The van der Waals surface area contributed by atoms with Crippen LogP contribution in [0.1, 0.15) is 31.1 Å². The van der Waals surface area contributed by atoms with Gasteiger partial charge in [-0.2, -0.15) is 0 Å². The standard InChI is InChI=1S/C14H18O5/c1-5-18-14(16)11-6-7-12(13(8-11)17-4)19-10(3)9(2)15/h6-8,10H,5H2,1-4H3. The zero-order valence-electron chi connectivity index (χ0n) is 11.6. The summed E-state index contributed by atoms with van der Waals surface area (Å²) in [7, 11) is 1.47. The third-order valence-electron chi connectivity index (χ3n) is 2.55. The van der Waals surface area contributed by atoms with E-state index in [-0.39, 0.29) is 5.78 Å². The molecule has 0 saturated heterocycles. The van der Waals surface area contributed by atoms with E-state index in [9.17, 15) is 9.59 Å². The lowest BCUT2D eigenvalue weighted by molar-refractivity contribution is -0.122. The Kier molecular flexibility index (Phi) is 5.36. The molecule has 0 bridgehead atoms. The molecule has 1 rings (SSSR count). The van der Waals surface area contributed by atoms with Crippen molar-refractivity contribution in [2.75, 3.05) is 13.7 Å². The maximum Gasteiger partial charge on any atom is 0.338 e. The number of Topliss-reactive ketones (excluding diaryl/α,β-unsaturated/α-hetero) is 1. The van der Waals surface area contributed by atoms with Gasteiger partial charge in [0.25, 0.3) is 0 Å². The number of hydrogen-bond donors (Lipinski definition) is 0. The van der Waals surface area contributed by atoms with E-state index in [0.717, 1.165) is 0 Å². The van der Waals surface area contributed by atoms with Gasteiger partial charge in [-0.25, -0.2) is 4.79 Å². The Morgan fingerprint density at radius 3 is 2.47 bits per heavy atom. The Morgan fingerprint density at radius 2 is 1.95 bits per heavy atom. The second-order valence-electron chi connectivity index (χ2n) is 3.96. The van der Waals surface area contributed by atoms with Gasteiger partial charge in [-0.05, 0) is 39.0 Å². The highest BCUT2D eigenvalue weighted by Crippen LogP contribution is 2.29. The van der Waals surface area contributed by atoms with Crippen molar-refractivity contribution in [2.45, 2.75) is 26.9 Å². The van der Waals surface area contributed by atoms with Crippen molar-refractivity contribution in [2.24, 2.45) is 0 Å². The molecular formula is C14H18O5. The SMILES string of the molecule is CCOC(=O)c1ccc(OC(C)C(C)=O)c(OC)c1. The van der Waals surface area contributed by atoms with Gasteiger partial charge in [0, 0.05) is 0 Å². The van der Waals surface area contributed by atoms with Gasteiger partial charge < -0.3 is 14.2 Å². The van der Waals surface area contributed by atoms with Gasteiger partial charge in [0.2, 0.25) is 0 Å². The van der Waals surface area contributed by atoms with E-state index in [4.69, 9.17) is 14.2 Å². The van der Waals surface area contributed by atoms with E-state index in [1.54, 1.807) is 26.0 Å². The molecule has 0 aliphatic heterocycles. The molecule has 104 valence electrons. The number of hydrogen-bond acceptors (Lipinski definition) is 5. The minimum atomic E-state index is -0.567. The minimum Gasteiger partial charge on any atom is -0.493 e. The summed E-state index contributed by atoms with van der Waals surface area (Å²) in [5.74, 6) is 0.292. The van der Waals surface area contributed by atoms with Crippen LogP contribution in [0.15, 0.2) is 18.2 Å². The number of ketones is 1. The van der Waals surface area contributed by atoms with Crippen LogP contribution in [-0.4, -0.2) is 31.6 Å². The molecule has 0 amide bonds. The molecule has 1 aromatic rings. The van der Waals surface area contributed by atoms with Crippen molar-refractivity contribution in [3.63, 3.8) is 0 Å². The van der Waals surface area contributed by atoms with Crippen LogP contribution in [0.5, 0.6) is 11.5 Å². The quantitative estimate of drug-likeness (QED) is 0.739. The van der Waals surface area contributed by atoms with E-state index in [2.05, 4.69) is 0 Å². The predicted octanol–water partition coefficient (Wildman–Crippen LogP) is 2.23. The van der Waals surface area contributed by atoms with Gasteiger partial charge in [0.15, 0.2) is 23.4 Å². The molecule has 5 nitrogen and oxygen atoms in total. The summed E-state index contributed by atoms with van der Waals surface area (Å²) in [6.07, 6.45) is -0.567. The summed E-state index contributed by atoms with van der Waals surface area (Å²) in [6, 6.07) is 4.69. The molecular weight excluding hydrogens is 248 g/mol. The molecule has 0 fully saturated rings. The summed E-state index contributed by atoms with van der Waals surface area (Å²) in [4.78, 5) is 22.7. The highest BCUT2D eigenvalue weighted by Gasteiger charge is 2.15. The number of methoxy groups -OCH3 is 1. The summed E-state index contributed by atoms with van der Waals surface area (Å²) in [5.41, 5.74) is 0.376. The van der Waals surface area contributed by atoms with Crippen LogP contribution in [0.4, 0.5) is 0 Å². The van der Waals surface area contributed by atoms with Crippen molar-refractivity contribution >= 4 is 11.8 Å². The molecule has 0 heterocycles. The first kappa shape index (κ1) is 15.0. The average Bonchev–Trinajstić information content (AvgIpc) is 2.39. The van der Waals surface area contributed by atoms with Crippen LogP contribution in [0, 0.1) is 0 Å². The second-order valence-corrected chi connectivity index (χ2v) is 3.96. The van der Waals surface area contributed by atoms with Crippen molar-refractivity contribution in [3.05, 3.63) is 23.8 Å². The average molecular weight is 266 g/mol. The third-order valence-corrected chi connectivity index (χ3v) is 2.55. The molecule has 19 heavy (non-hydrogen) atoms. The van der Waals surface area contributed by atoms with Gasteiger partial charge in [0.1, 0.15) is 0 Å². The summed E-state index contributed by atoms with van der Waals surface area (Å²) >= 11 is 0. The number of ether oxygens (including phenoxy) is 3. The highest BCUT2D eigenvalue weighted by molar-refractivity contribution is 5.90. The zero-order valence-corrected chi connectivity index (χ0v) is 11.6. The van der Waals surface area contributed by atoms with Crippen LogP contribution in [0.3, 0.4) is 0 Å². The van der Waals surface area contributed by atoms with Gasteiger partial charge in [-0.15, -0.1) is 0 Å². The van der Waals surface area contributed by atoms with E-state index in [1.807, 2.05) is 0 Å². The van der Waals surface area contributed by atoms with Crippen LogP contribution >= 0.6 is 0 Å². The minimum absolute atomic E-state index is 0.0866. The lowest BCUT2D eigenvalue weighted by atomic mass is 10.2. The van der Waals surface area contributed by atoms with E-state index >= 15 is 0 Å².